The fraction of sp³-hybridized carbons (Fsp3) is 0.310. The lowest BCUT2D eigenvalue weighted by Gasteiger charge is -2.51. The number of hydrogen-bond acceptors (Lipinski definition) is 12. The molecule has 12 rings (SSSR count). The Balaban J connectivity index is 0.000000159. The van der Waals surface area contributed by atoms with Gasteiger partial charge in [0.15, 0.2) is 0 Å². The first-order chi connectivity index (χ1) is 35.8. The number of aryl methyl sites for hydroxylation is 2. The molecular weight excluding hydrogens is 929 g/mol. The standard InChI is InChI=1S/2C29H28N6O2/c2*1-5-25(36)34-15-29(16-34)10-11-35(18(29)3)28-21(13-30)27(20-8-7-19(37-4)12-24(20)32-28)26-17(2)6-9-23-22(26)14-31-33-23/h2*5-9,12,14,18H,1,10-11,15-16H2,2-4H3,(H,31,33)/t2*18-/m10/s1. The zero-order valence-corrected chi connectivity index (χ0v) is 42.4. The van der Waals surface area contributed by atoms with E-state index in [0.717, 1.165) is 103 Å². The van der Waals surface area contributed by atoms with Gasteiger partial charge in [-0.3, -0.25) is 19.8 Å². The highest BCUT2D eigenvalue weighted by atomic mass is 16.5. The van der Waals surface area contributed by atoms with Crippen LogP contribution in [0.3, 0.4) is 0 Å². The Morgan fingerprint density at radius 1 is 0.635 bits per heavy atom. The molecule has 74 heavy (non-hydrogen) atoms. The Kier molecular flexibility index (Phi) is 11.6. The number of pyridine rings is 2. The van der Waals surface area contributed by atoms with Gasteiger partial charge in [-0.15, -0.1) is 0 Å². The van der Waals surface area contributed by atoms with Crippen molar-refractivity contribution in [2.45, 2.75) is 52.6 Å². The van der Waals surface area contributed by atoms with Gasteiger partial charge in [0.2, 0.25) is 11.8 Å². The first-order valence-corrected chi connectivity index (χ1v) is 24.9. The largest absolute Gasteiger partial charge is 0.497 e. The topological polar surface area (TPSA) is 196 Å². The van der Waals surface area contributed by atoms with E-state index < -0.39 is 0 Å². The molecule has 8 aromatic rings. The summed E-state index contributed by atoms with van der Waals surface area (Å²) in [6, 6.07) is 25.1. The number of nitrogens with one attached hydrogen (secondary N) is 2. The van der Waals surface area contributed by atoms with Crippen LogP contribution in [0, 0.1) is 47.3 Å². The molecule has 0 radical (unpaired) electrons. The number of fused-ring (bicyclic) bond motifs is 4. The van der Waals surface area contributed by atoms with Gasteiger partial charge in [-0.1, -0.05) is 25.3 Å². The number of carbonyl (C=O) groups is 2. The lowest BCUT2D eigenvalue weighted by Crippen LogP contribution is -2.62. The minimum absolute atomic E-state index is 0.0168. The highest BCUT2D eigenvalue weighted by molar-refractivity contribution is 6.10. The van der Waals surface area contributed by atoms with E-state index in [0.29, 0.717) is 60.4 Å². The fourth-order valence-corrected chi connectivity index (χ4v) is 12.4. The third-order valence-corrected chi connectivity index (χ3v) is 16.7. The quantitative estimate of drug-likeness (QED) is 0.137. The van der Waals surface area contributed by atoms with Gasteiger partial charge in [0.25, 0.3) is 0 Å². The minimum atomic E-state index is -0.0316. The Hall–Kier alpha value is -8.76. The molecule has 2 atom stereocenters. The summed E-state index contributed by atoms with van der Waals surface area (Å²) >= 11 is 0. The lowest BCUT2D eigenvalue weighted by molar-refractivity contribution is -0.138. The first-order valence-electron chi connectivity index (χ1n) is 24.9. The molecule has 0 unspecified atom stereocenters. The number of anilines is 2. The number of benzene rings is 4. The zero-order chi connectivity index (χ0) is 51.8. The number of hydrogen-bond donors (Lipinski definition) is 2. The van der Waals surface area contributed by atoms with Crippen molar-refractivity contribution in [1.82, 2.24) is 40.2 Å². The summed E-state index contributed by atoms with van der Waals surface area (Å²) in [6.45, 7) is 20.0. The highest BCUT2D eigenvalue weighted by Crippen LogP contribution is 2.51. The molecule has 0 saturated carbocycles. The number of likely N-dealkylation sites (tertiary alicyclic amines) is 2. The van der Waals surface area contributed by atoms with Crippen LogP contribution in [0.1, 0.15) is 48.9 Å². The Morgan fingerprint density at radius 3 is 1.41 bits per heavy atom. The first kappa shape index (κ1) is 47.6. The van der Waals surface area contributed by atoms with Gasteiger partial charge in [0.05, 0.1) is 48.7 Å². The molecule has 2 amide bonds. The lowest BCUT2D eigenvalue weighted by atomic mass is 9.73. The van der Waals surface area contributed by atoms with Crippen LogP contribution in [0.4, 0.5) is 11.6 Å². The summed E-state index contributed by atoms with van der Waals surface area (Å²) in [4.78, 5) is 42.6. The Morgan fingerprint density at radius 2 is 1.04 bits per heavy atom. The predicted molar refractivity (Wildman–Crippen MR) is 287 cm³/mol. The molecule has 16 nitrogen and oxygen atoms in total. The number of nitriles is 2. The van der Waals surface area contributed by atoms with Crippen molar-refractivity contribution in [2.75, 3.05) is 63.3 Å². The van der Waals surface area contributed by atoms with Crippen LogP contribution in [-0.4, -0.2) is 118 Å². The van der Waals surface area contributed by atoms with Crippen molar-refractivity contribution in [3.05, 3.63) is 121 Å². The molecule has 4 aliphatic heterocycles. The molecule has 2 spiro atoms. The average Bonchev–Trinajstić information content (AvgIpc) is 4.22. The highest BCUT2D eigenvalue weighted by Gasteiger charge is 2.55. The van der Waals surface area contributed by atoms with Gasteiger partial charge in [0.1, 0.15) is 46.4 Å². The van der Waals surface area contributed by atoms with Gasteiger partial charge in [0, 0.05) is 107 Å². The summed E-state index contributed by atoms with van der Waals surface area (Å²) < 4.78 is 11.0. The van der Waals surface area contributed by atoms with Gasteiger partial charge in [-0.2, -0.15) is 20.7 Å². The maximum atomic E-state index is 12.1. The van der Waals surface area contributed by atoms with Crippen LogP contribution in [0.15, 0.2) is 98.4 Å². The molecule has 4 aromatic heterocycles. The van der Waals surface area contributed by atoms with Gasteiger partial charge in [-0.05, 0) is 111 Å². The van der Waals surface area contributed by atoms with Gasteiger partial charge >= 0.3 is 0 Å². The van der Waals surface area contributed by atoms with E-state index in [1.54, 1.807) is 14.2 Å². The van der Waals surface area contributed by atoms with Crippen LogP contribution >= 0.6 is 0 Å². The molecule has 4 aromatic carbocycles. The number of H-pyrrole nitrogens is 2. The van der Waals surface area contributed by atoms with E-state index >= 15 is 0 Å². The number of nitrogens with zero attached hydrogens (tertiary/aromatic N) is 10. The van der Waals surface area contributed by atoms with Gasteiger partial charge in [-0.25, -0.2) is 9.97 Å². The Labute approximate surface area is 428 Å². The third-order valence-electron chi connectivity index (χ3n) is 16.7. The van der Waals surface area contributed by atoms with E-state index in [-0.39, 0.29) is 34.7 Å². The van der Waals surface area contributed by atoms with Gasteiger partial charge < -0.3 is 29.1 Å². The van der Waals surface area contributed by atoms with Crippen molar-refractivity contribution in [3.63, 3.8) is 0 Å². The van der Waals surface area contributed by atoms with Crippen molar-refractivity contribution < 1.29 is 19.1 Å². The fourth-order valence-electron chi connectivity index (χ4n) is 12.4. The summed E-state index contributed by atoms with van der Waals surface area (Å²) in [5, 5.41) is 39.6. The second-order valence-corrected chi connectivity index (χ2v) is 20.3. The smallest absolute Gasteiger partial charge is 0.245 e. The van der Waals surface area contributed by atoms with E-state index in [4.69, 9.17) is 19.4 Å². The van der Waals surface area contributed by atoms with Crippen molar-refractivity contribution >= 4 is 67.1 Å². The molecule has 2 N–H and O–H groups in total. The molecule has 8 heterocycles. The molecule has 0 aliphatic carbocycles. The van der Waals surface area contributed by atoms with Crippen LogP contribution < -0.4 is 19.3 Å². The molecular formula is C58H56N12O4. The molecule has 4 saturated heterocycles. The summed E-state index contributed by atoms with van der Waals surface area (Å²) in [6.07, 6.45) is 8.26. The third kappa shape index (κ3) is 7.30. The van der Waals surface area contributed by atoms with E-state index in [1.165, 1.54) is 12.2 Å². The van der Waals surface area contributed by atoms with Crippen molar-refractivity contribution in [1.29, 1.82) is 10.5 Å². The van der Waals surface area contributed by atoms with E-state index in [9.17, 15) is 20.1 Å². The SMILES string of the molecule is C=CC(=O)N1CC2(CCN(c3nc4cc(OC)ccc4c(-c4c(C)ccc5[nH]ncc45)c3C#N)[C@@H]2C)C1.C=CC(=O)N1CC2(CCN(c3nc4cc(OC)ccc4c(-c4c(C)ccc5[nH]ncc45)c3C#N)[C@H]2C)C1. The maximum absolute atomic E-state index is 12.1. The second-order valence-electron chi connectivity index (χ2n) is 20.3. The number of rotatable bonds is 8. The van der Waals surface area contributed by atoms with Crippen LogP contribution in [0.2, 0.25) is 0 Å². The predicted octanol–water partition coefficient (Wildman–Crippen LogP) is 9.16. The second kappa shape index (κ2) is 18.1. The monoisotopic (exact) mass is 984 g/mol. The number of aromatic amines is 2. The normalized spacial score (nSPS) is 18.3. The molecule has 0 bridgehead atoms. The maximum Gasteiger partial charge on any atom is 0.245 e. The average molecular weight is 985 g/mol. The summed E-state index contributed by atoms with van der Waals surface area (Å²) in [7, 11) is 3.28. The minimum Gasteiger partial charge on any atom is -0.497 e. The number of methoxy groups -OCH3 is 2. The summed E-state index contributed by atoms with van der Waals surface area (Å²) in [5.41, 5.74) is 10.2. The summed E-state index contributed by atoms with van der Waals surface area (Å²) in [5.74, 6) is 2.71. The number of carbonyl (C=O) groups excluding carboxylic acids is 2. The van der Waals surface area contributed by atoms with Crippen LogP contribution in [0.5, 0.6) is 11.5 Å². The Bertz CT molecular complexity index is 3490. The number of aromatic nitrogens is 6. The van der Waals surface area contributed by atoms with E-state index in [1.807, 2.05) is 70.7 Å². The molecule has 372 valence electrons. The molecule has 4 aliphatic rings. The zero-order valence-electron chi connectivity index (χ0n) is 42.4. The molecule has 16 heteroatoms. The number of ether oxygens (including phenoxy) is 2. The van der Waals surface area contributed by atoms with Crippen LogP contribution in [0.25, 0.3) is 65.9 Å². The molecule has 4 fully saturated rings. The van der Waals surface area contributed by atoms with E-state index in [2.05, 4.69) is 95.3 Å². The van der Waals surface area contributed by atoms with Crippen molar-refractivity contribution in [2.24, 2.45) is 10.8 Å². The van der Waals surface area contributed by atoms with Crippen molar-refractivity contribution in [3.8, 4) is 45.9 Å². The number of amides is 2. The van der Waals surface area contributed by atoms with Crippen LogP contribution in [-0.2, 0) is 9.59 Å².